The Morgan fingerprint density at radius 2 is 1.81 bits per heavy atom. The van der Waals surface area contributed by atoms with Gasteiger partial charge in [0.25, 0.3) is 0 Å². The van der Waals surface area contributed by atoms with Crippen LogP contribution in [0.4, 0.5) is 5.82 Å². The minimum atomic E-state index is -0.126. The van der Waals surface area contributed by atoms with Gasteiger partial charge in [-0.3, -0.25) is 9.78 Å². The van der Waals surface area contributed by atoms with Crippen molar-refractivity contribution in [2.75, 3.05) is 5.32 Å². The van der Waals surface area contributed by atoms with E-state index in [9.17, 15) is 4.79 Å². The highest BCUT2D eigenvalue weighted by molar-refractivity contribution is 5.88. The second-order valence-electron chi connectivity index (χ2n) is 3.35. The van der Waals surface area contributed by atoms with Crippen molar-refractivity contribution >= 4 is 11.7 Å². The predicted octanol–water partition coefficient (Wildman–Crippen LogP) is 2.10. The van der Waals surface area contributed by atoms with Gasteiger partial charge in [0.1, 0.15) is 5.82 Å². The summed E-state index contributed by atoms with van der Waals surface area (Å²) in [5.41, 5.74) is 2.05. The van der Waals surface area contributed by atoms with E-state index in [1.807, 2.05) is 24.3 Å². The first-order valence-electron chi connectivity index (χ1n) is 4.90. The molecule has 2 aromatic rings. The monoisotopic (exact) mass is 213 g/mol. The van der Waals surface area contributed by atoms with E-state index in [-0.39, 0.29) is 5.91 Å². The Morgan fingerprint density at radius 3 is 2.50 bits per heavy atom. The molecule has 0 fully saturated rings. The van der Waals surface area contributed by atoms with Crippen LogP contribution in [0.25, 0.3) is 11.1 Å². The lowest BCUT2D eigenvalue weighted by molar-refractivity contribution is -0.114. The van der Waals surface area contributed by atoms with E-state index in [2.05, 4.69) is 15.3 Å². The fourth-order valence-corrected chi connectivity index (χ4v) is 1.40. The minimum absolute atomic E-state index is 0.126. The molecule has 0 aliphatic heterocycles. The number of anilines is 1. The van der Waals surface area contributed by atoms with Gasteiger partial charge in [0.2, 0.25) is 5.91 Å². The molecule has 2 aromatic heterocycles. The molecule has 4 nitrogen and oxygen atoms in total. The van der Waals surface area contributed by atoms with E-state index < -0.39 is 0 Å². The summed E-state index contributed by atoms with van der Waals surface area (Å²) in [6, 6.07) is 7.54. The van der Waals surface area contributed by atoms with Crippen LogP contribution in [0, 0.1) is 0 Å². The first-order chi connectivity index (χ1) is 7.75. The van der Waals surface area contributed by atoms with Gasteiger partial charge in [-0.2, -0.15) is 0 Å². The zero-order valence-corrected chi connectivity index (χ0v) is 8.84. The number of carbonyl (C=O) groups excluding carboxylic acids is 1. The topological polar surface area (TPSA) is 54.9 Å². The van der Waals surface area contributed by atoms with Crippen molar-refractivity contribution in [3.8, 4) is 11.1 Å². The van der Waals surface area contributed by atoms with Crippen LogP contribution >= 0.6 is 0 Å². The molecule has 0 bridgehead atoms. The maximum absolute atomic E-state index is 10.9. The summed E-state index contributed by atoms with van der Waals surface area (Å²) in [4.78, 5) is 18.9. The Kier molecular flexibility index (Phi) is 2.91. The SMILES string of the molecule is CC(=O)Nc1cc(-c2ccncc2)ccn1. The van der Waals surface area contributed by atoms with Crippen LogP contribution in [0.3, 0.4) is 0 Å². The molecule has 80 valence electrons. The number of amides is 1. The number of pyridine rings is 2. The number of hydrogen-bond donors (Lipinski definition) is 1. The van der Waals surface area contributed by atoms with Gasteiger partial charge in [0, 0.05) is 25.5 Å². The molecule has 0 radical (unpaired) electrons. The molecule has 0 aromatic carbocycles. The third kappa shape index (κ3) is 2.42. The fourth-order valence-electron chi connectivity index (χ4n) is 1.40. The molecule has 0 saturated heterocycles. The van der Waals surface area contributed by atoms with Crippen LogP contribution in [0.1, 0.15) is 6.92 Å². The van der Waals surface area contributed by atoms with Crippen LogP contribution in [-0.4, -0.2) is 15.9 Å². The molecule has 16 heavy (non-hydrogen) atoms. The van der Waals surface area contributed by atoms with Gasteiger partial charge < -0.3 is 5.32 Å². The summed E-state index contributed by atoms with van der Waals surface area (Å²) in [7, 11) is 0. The lowest BCUT2D eigenvalue weighted by atomic mass is 10.1. The number of aromatic nitrogens is 2. The van der Waals surface area contributed by atoms with E-state index in [1.54, 1.807) is 18.6 Å². The average molecular weight is 213 g/mol. The largest absolute Gasteiger partial charge is 0.311 e. The highest BCUT2D eigenvalue weighted by Gasteiger charge is 2.00. The molecule has 0 spiro atoms. The zero-order chi connectivity index (χ0) is 11.4. The van der Waals surface area contributed by atoms with Crippen molar-refractivity contribution in [1.82, 2.24) is 9.97 Å². The van der Waals surface area contributed by atoms with Gasteiger partial charge in [-0.25, -0.2) is 4.98 Å². The lowest BCUT2D eigenvalue weighted by Crippen LogP contribution is -2.07. The van der Waals surface area contributed by atoms with Gasteiger partial charge in [0.15, 0.2) is 0 Å². The van der Waals surface area contributed by atoms with Crippen molar-refractivity contribution in [1.29, 1.82) is 0 Å². The number of nitrogens with one attached hydrogen (secondary N) is 1. The molecular weight excluding hydrogens is 202 g/mol. The van der Waals surface area contributed by atoms with Gasteiger partial charge >= 0.3 is 0 Å². The molecular formula is C12H11N3O. The van der Waals surface area contributed by atoms with Crippen molar-refractivity contribution in [3.63, 3.8) is 0 Å². The van der Waals surface area contributed by atoms with Crippen LogP contribution in [0.2, 0.25) is 0 Å². The molecule has 0 unspecified atom stereocenters. The summed E-state index contributed by atoms with van der Waals surface area (Å²) in [6.07, 6.45) is 5.13. The molecule has 0 aliphatic carbocycles. The second-order valence-corrected chi connectivity index (χ2v) is 3.35. The van der Waals surface area contributed by atoms with E-state index in [1.165, 1.54) is 6.92 Å². The average Bonchev–Trinajstić information content (AvgIpc) is 2.30. The Bertz CT molecular complexity index is 497. The maximum atomic E-state index is 10.9. The molecule has 0 aliphatic rings. The number of rotatable bonds is 2. The fraction of sp³-hybridized carbons (Fsp3) is 0.0833. The lowest BCUT2D eigenvalue weighted by Gasteiger charge is -2.04. The third-order valence-electron chi connectivity index (χ3n) is 2.08. The minimum Gasteiger partial charge on any atom is -0.311 e. The summed E-state index contributed by atoms with van der Waals surface area (Å²) in [5.74, 6) is 0.432. The highest BCUT2D eigenvalue weighted by Crippen LogP contribution is 2.19. The van der Waals surface area contributed by atoms with Gasteiger partial charge in [-0.15, -0.1) is 0 Å². The first-order valence-corrected chi connectivity index (χ1v) is 4.90. The molecule has 0 atom stereocenters. The summed E-state index contributed by atoms with van der Waals surface area (Å²) in [6.45, 7) is 1.46. The molecule has 0 saturated carbocycles. The quantitative estimate of drug-likeness (QED) is 0.831. The number of nitrogens with zero attached hydrogens (tertiary/aromatic N) is 2. The standard InChI is InChI=1S/C12H11N3O/c1-9(16)15-12-8-11(4-7-14-12)10-2-5-13-6-3-10/h2-8H,1H3,(H,14,15,16). The summed E-state index contributed by atoms with van der Waals surface area (Å²) < 4.78 is 0. The van der Waals surface area contributed by atoms with Crippen molar-refractivity contribution in [2.45, 2.75) is 6.92 Å². The van der Waals surface area contributed by atoms with E-state index in [0.717, 1.165) is 11.1 Å². The molecule has 2 heterocycles. The Morgan fingerprint density at radius 1 is 1.12 bits per heavy atom. The maximum Gasteiger partial charge on any atom is 0.222 e. The van der Waals surface area contributed by atoms with Crippen molar-refractivity contribution in [3.05, 3.63) is 42.9 Å². The number of hydrogen-bond acceptors (Lipinski definition) is 3. The van der Waals surface area contributed by atoms with Gasteiger partial charge in [-0.1, -0.05) is 0 Å². The Balaban J connectivity index is 2.33. The first kappa shape index (κ1) is 10.3. The summed E-state index contributed by atoms with van der Waals surface area (Å²) in [5, 5.41) is 2.65. The van der Waals surface area contributed by atoms with Crippen LogP contribution in [-0.2, 0) is 4.79 Å². The second kappa shape index (κ2) is 4.53. The Hall–Kier alpha value is -2.23. The molecule has 1 N–H and O–H groups in total. The Labute approximate surface area is 93.4 Å². The normalized spacial score (nSPS) is 9.81. The third-order valence-corrected chi connectivity index (χ3v) is 2.08. The number of carbonyl (C=O) groups is 1. The van der Waals surface area contributed by atoms with Crippen molar-refractivity contribution in [2.24, 2.45) is 0 Å². The summed E-state index contributed by atoms with van der Waals surface area (Å²) >= 11 is 0. The van der Waals surface area contributed by atoms with Crippen LogP contribution in [0.5, 0.6) is 0 Å². The molecule has 2 rings (SSSR count). The van der Waals surface area contributed by atoms with Gasteiger partial charge in [-0.05, 0) is 35.4 Å². The zero-order valence-electron chi connectivity index (χ0n) is 8.84. The van der Waals surface area contributed by atoms with E-state index in [4.69, 9.17) is 0 Å². The smallest absolute Gasteiger partial charge is 0.222 e. The molecule has 1 amide bonds. The van der Waals surface area contributed by atoms with E-state index in [0.29, 0.717) is 5.82 Å². The van der Waals surface area contributed by atoms with Crippen LogP contribution < -0.4 is 5.32 Å². The highest BCUT2D eigenvalue weighted by atomic mass is 16.1. The molecule has 4 heteroatoms. The van der Waals surface area contributed by atoms with Gasteiger partial charge in [0.05, 0.1) is 0 Å². The van der Waals surface area contributed by atoms with Crippen molar-refractivity contribution < 1.29 is 4.79 Å². The predicted molar refractivity (Wildman–Crippen MR) is 61.8 cm³/mol. The van der Waals surface area contributed by atoms with Crippen LogP contribution in [0.15, 0.2) is 42.9 Å². The van der Waals surface area contributed by atoms with E-state index >= 15 is 0 Å².